The molecular formula is C13H10N4O3. The summed E-state index contributed by atoms with van der Waals surface area (Å²) in [7, 11) is 0. The second kappa shape index (κ2) is 6.19. The van der Waals surface area contributed by atoms with Crippen LogP contribution >= 0.6 is 0 Å². The van der Waals surface area contributed by atoms with Crippen molar-refractivity contribution < 1.29 is 9.72 Å². The van der Waals surface area contributed by atoms with Crippen LogP contribution in [-0.2, 0) is 0 Å². The third kappa shape index (κ3) is 3.45. The van der Waals surface area contributed by atoms with Crippen LogP contribution in [0.25, 0.3) is 0 Å². The Bertz CT molecular complexity index is 638. The van der Waals surface area contributed by atoms with E-state index in [0.29, 0.717) is 11.1 Å². The van der Waals surface area contributed by atoms with Crippen molar-refractivity contribution in [3.63, 3.8) is 0 Å². The molecule has 1 aromatic heterocycles. The number of hydrogen-bond acceptors (Lipinski definition) is 5. The molecule has 0 fully saturated rings. The van der Waals surface area contributed by atoms with Crippen molar-refractivity contribution in [2.24, 2.45) is 5.10 Å². The highest BCUT2D eigenvalue weighted by Crippen LogP contribution is 2.10. The molecular weight excluding hydrogens is 260 g/mol. The Kier molecular flexibility index (Phi) is 4.13. The predicted octanol–water partition coefficient (Wildman–Crippen LogP) is 1.75. The van der Waals surface area contributed by atoms with Gasteiger partial charge in [-0.2, -0.15) is 5.10 Å². The lowest BCUT2D eigenvalue weighted by Gasteiger charge is -1.98. The van der Waals surface area contributed by atoms with Crippen LogP contribution in [0.5, 0.6) is 0 Å². The number of carbonyl (C=O) groups excluding carboxylic acids is 1. The average Bonchev–Trinajstić information content (AvgIpc) is 2.48. The summed E-state index contributed by atoms with van der Waals surface area (Å²) < 4.78 is 0. The first kappa shape index (κ1) is 13.3. The Morgan fingerprint density at radius 1 is 1.20 bits per heavy atom. The van der Waals surface area contributed by atoms with Crippen molar-refractivity contribution in [1.82, 2.24) is 10.4 Å². The minimum atomic E-state index is -0.480. The Hall–Kier alpha value is -3.09. The second-order valence-corrected chi connectivity index (χ2v) is 3.78. The first-order valence-electron chi connectivity index (χ1n) is 5.65. The van der Waals surface area contributed by atoms with E-state index in [-0.39, 0.29) is 11.6 Å². The van der Waals surface area contributed by atoms with Gasteiger partial charge in [0.05, 0.1) is 11.1 Å². The zero-order chi connectivity index (χ0) is 14.4. The van der Waals surface area contributed by atoms with Gasteiger partial charge in [0.15, 0.2) is 0 Å². The van der Waals surface area contributed by atoms with Gasteiger partial charge in [0.1, 0.15) is 0 Å². The van der Waals surface area contributed by atoms with Crippen molar-refractivity contribution in [1.29, 1.82) is 0 Å². The van der Waals surface area contributed by atoms with Gasteiger partial charge in [-0.25, -0.2) is 5.43 Å². The molecule has 2 aromatic rings. The molecule has 0 saturated carbocycles. The van der Waals surface area contributed by atoms with Gasteiger partial charge in [-0.3, -0.25) is 19.9 Å². The first-order valence-corrected chi connectivity index (χ1v) is 5.65. The SMILES string of the molecule is O=C(N/N=C/c1ccc([N+](=O)[O-])cc1)c1ccncc1. The highest BCUT2D eigenvalue weighted by molar-refractivity contribution is 5.94. The standard InChI is InChI=1S/C13H10N4O3/c18-13(11-5-7-14-8-6-11)16-15-9-10-1-3-12(4-2-10)17(19)20/h1-9H,(H,16,18)/b15-9+. The normalized spacial score (nSPS) is 10.4. The molecule has 2 rings (SSSR count). The molecule has 0 atom stereocenters. The van der Waals surface area contributed by atoms with Crippen LogP contribution in [0.4, 0.5) is 5.69 Å². The number of nitrogens with zero attached hydrogens (tertiary/aromatic N) is 3. The third-order valence-electron chi connectivity index (χ3n) is 2.43. The maximum atomic E-state index is 11.6. The first-order chi connectivity index (χ1) is 9.66. The second-order valence-electron chi connectivity index (χ2n) is 3.78. The fraction of sp³-hybridized carbons (Fsp3) is 0. The van der Waals surface area contributed by atoms with Crippen molar-refractivity contribution in [3.05, 3.63) is 70.0 Å². The van der Waals surface area contributed by atoms with Gasteiger partial charge in [-0.1, -0.05) is 0 Å². The maximum absolute atomic E-state index is 11.6. The topological polar surface area (TPSA) is 97.5 Å². The molecule has 0 aliphatic rings. The Balaban J connectivity index is 1.96. The number of aromatic nitrogens is 1. The number of non-ortho nitro benzene ring substituents is 1. The van der Waals surface area contributed by atoms with Gasteiger partial charge < -0.3 is 0 Å². The molecule has 0 aliphatic carbocycles. The minimum Gasteiger partial charge on any atom is -0.267 e. The number of nitro benzene ring substituents is 1. The van der Waals surface area contributed by atoms with Gasteiger partial charge in [0.25, 0.3) is 11.6 Å². The fourth-order valence-electron chi connectivity index (χ4n) is 1.42. The van der Waals surface area contributed by atoms with Gasteiger partial charge in [0.2, 0.25) is 0 Å². The van der Waals surface area contributed by atoms with Crippen LogP contribution in [0.2, 0.25) is 0 Å². The van der Waals surface area contributed by atoms with E-state index < -0.39 is 4.92 Å². The number of hydrazone groups is 1. The van der Waals surface area contributed by atoms with E-state index >= 15 is 0 Å². The molecule has 0 unspecified atom stereocenters. The lowest BCUT2D eigenvalue weighted by atomic mass is 10.2. The highest BCUT2D eigenvalue weighted by atomic mass is 16.6. The molecule has 7 heteroatoms. The van der Waals surface area contributed by atoms with E-state index in [1.807, 2.05) is 0 Å². The molecule has 0 radical (unpaired) electrons. The summed E-state index contributed by atoms with van der Waals surface area (Å²) >= 11 is 0. The zero-order valence-electron chi connectivity index (χ0n) is 10.3. The van der Waals surface area contributed by atoms with E-state index in [4.69, 9.17) is 0 Å². The van der Waals surface area contributed by atoms with Crippen LogP contribution < -0.4 is 5.43 Å². The number of carbonyl (C=O) groups is 1. The molecule has 1 aromatic carbocycles. The lowest BCUT2D eigenvalue weighted by Crippen LogP contribution is -2.17. The van der Waals surface area contributed by atoms with Gasteiger partial charge in [0, 0.05) is 30.1 Å². The van der Waals surface area contributed by atoms with Crippen LogP contribution in [0, 0.1) is 10.1 Å². The Morgan fingerprint density at radius 2 is 1.85 bits per heavy atom. The summed E-state index contributed by atoms with van der Waals surface area (Å²) in [6, 6.07) is 8.95. The van der Waals surface area contributed by atoms with Gasteiger partial charge >= 0.3 is 0 Å². The quantitative estimate of drug-likeness (QED) is 0.520. The number of amides is 1. The molecule has 100 valence electrons. The fourth-order valence-corrected chi connectivity index (χ4v) is 1.42. The van der Waals surface area contributed by atoms with E-state index in [1.165, 1.54) is 30.7 Å². The van der Waals surface area contributed by atoms with E-state index in [9.17, 15) is 14.9 Å². The number of rotatable bonds is 4. The van der Waals surface area contributed by atoms with Gasteiger partial charge in [-0.15, -0.1) is 0 Å². The summed E-state index contributed by atoms with van der Waals surface area (Å²) in [5.41, 5.74) is 3.45. The highest BCUT2D eigenvalue weighted by Gasteiger charge is 2.03. The molecule has 1 amide bonds. The molecule has 0 bridgehead atoms. The van der Waals surface area contributed by atoms with E-state index in [0.717, 1.165) is 0 Å². The molecule has 7 nitrogen and oxygen atoms in total. The average molecular weight is 270 g/mol. The summed E-state index contributed by atoms with van der Waals surface area (Å²) in [5.74, 6) is -0.356. The molecule has 0 aliphatic heterocycles. The Labute approximate surface area is 114 Å². The summed E-state index contributed by atoms with van der Waals surface area (Å²) in [6.45, 7) is 0. The number of benzene rings is 1. The van der Waals surface area contributed by atoms with Crippen LogP contribution in [0.1, 0.15) is 15.9 Å². The monoisotopic (exact) mass is 270 g/mol. The van der Waals surface area contributed by atoms with Crippen LogP contribution in [-0.4, -0.2) is 22.0 Å². The van der Waals surface area contributed by atoms with Gasteiger partial charge in [-0.05, 0) is 29.8 Å². The number of nitrogens with one attached hydrogen (secondary N) is 1. The third-order valence-corrected chi connectivity index (χ3v) is 2.43. The molecule has 1 heterocycles. The van der Waals surface area contributed by atoms with E-state index in [2.05, 4.69) is 15.5 Å². The van der Waals surface area contributed by atoms with Crippen molar-refractivity contribution in [3.8, 4) is 0 Å². The van der Waals surface area contributed by atoms with Crippen LogP contribution in [0.15, 0.2) is 53.9 Å². The summed E-state index contributed by atoms with van der Waals surface area (Å²) in [4.78, 5) is 25.4. The number of nitro groups is 1. The van der Waals surface area contributed by atoms with Crippen LogP contribution in [0.3, 0.4) is 0 Å². The molecule has 1 N–H and O–H groups in total. The van der Waals surface area contributed by atoms with Crippen molar-refractivity contribution in [2.45, 2.75) is 0 Å². The largest absolute Gasteiger partial charge is 0.271 e. The maximum Gasteiger partial charge on any atom is 0.271 e. The zero-order valence-corrected chi connectivity index (χ0v) is 10.3. The molecule has 0 saturated heterocycles. The Morgan fingerprint density at radius 3 is 2.45 bits per heavy atom. The van der Waals surface area contributed by atoms with Crippen molar-refractivity contribution >= 4 is 17.8 Å². The molecule has 20 heavy (non-hydrogen) atoms. The molecule has 0 spiro atoms. The minimum absolute atomic E-state index is 0.00275. The summed E-state index contributed by atoms with van der Waals surface area (Å²) in [5, 5.41) is 14.3. The number of hydrogen-bond donors (Lipinski definition) is 1. The lowest BCUT2D eigenvalue weighted by molar-refractivity contribution is -0.384. The summed E-state index contributed by atoms with van der Waals surface area (Å²) in [6.07, 6.45) is 4.42. The van der Waals surface area contributed by atoms with Crippen molar-refractivity contribution in [2.75, 3.05) is 0 Å². The van der Waals surface area contributed by atoms with E-state index in [1.54, 1.807) is 24.3 Å². The number of pyridine rings is 1. The predicted molar refractivity (Wildman–Crippen MR) is 72.4 cm³/mol. The smallest absolute Gasteiger partial charge is 0.267 e.